The number of aliphatic imine (C=N–C) groups is 1. The van der Waals surface area contributed by atoms with Crippen molar-refractivity contribution < 1.29 is 9.82 Å². The zero-order chi connectivity index (χ0) is 16.7. The number of nitrogens with one attached hydrogen (secondary N) is 1. The van der Waals surface area contributed by atoms with Gasteiger partial charge in [-0.25, -0.2) is 0 Å². The van der Waals surface area contributed by atoms with Gasteiger partial charge in [0.05, 0.1) is 0 Å². The van der Waals surface area contributed by atoms with Gasteiger partial charge in [-0.1, -0.05) is 0 Å². The van der Waals surface area contributed by atoms with Crippen LogP contribution in [-0.4, -0.2) is 40.4 Å². The van der Waals surface area contributed by atoms with Crippen LogP contribution in [0, 0.1) is 0 Å². The first kappa shape index (κ1) is 14.7. The van der Waals surface area contributed by atoms with Crippen LogP contribution in [0.25, 0.3) is 0 Å². The quantitative estimate of drug-likeness (QED) is 0.626. The molecule has 1 amide bonds. The molecule has 0 saturated heterocycles. The third kappa shape index (κ3) is 2.42. The first-order valence-electron chi connectivity index (χ1n) is 7.87. The Morgan fingerprint density at radius 2 is 2.04 bits per heavy atom. The molecule has 0 aromatic heterocycles. The summed E-state index contributed by atoms with van der Waals surface area (Å²) in [6.07, 6.45) is 4.19. The molecular weight excluding hydrogens is 303 g/mol. The van der Waals surface area contributed by atoms with Gasteiger partial charge in [0, 0.05) is 0 Å². The molecule has 0 saturated carbocycles. The van der Waals surface area contributed by atoms with Crippen LogP contribution in [0.15, 0.2) is 52.7 Å². The van der Waals surface area contributed by atoms with Crippen LogP contribution in [0.4, 0.5) is 0 Å². The van der Waals surface area contributed by atoms with Crippen molar-refractivity contribution in [3.63, 3.8) is 0 Å². The molecule has 4 rings (SSSR count). The Bertz CT molecular complexity index is 816. The van der Waals surface area contributed by atoms with E-state index in [0.717, 1.165) is 18.2 Å². The molecule has 2 aliphatic heterocycles. The monoisotopic (exact) mass is 320 g/mol. The summed E-state index contributed by atoms with van der Waals surface area (Å²) in [5, 5.41) is 12.3. The molecule has 3 aliphatic rings. The van der Waals surface area contributed by atoms with Crippen molar-refractivity contribution >= 4 is 24.5 Å². The van der Waals surface area contributed by atoms with Gasteiger partial charge in [-0.2, -0.15) is 0 Å². The molecule has 1 aliphatic carbocycles. The zero-order valence-electron chi connectivity index (χ0n) is 13.1. The number of nitrogens with two attached hydrogens (primary N) is 1. The summed E-state index contributed by atoms with van der Waals surface area (Å²) in [5.74, 6) is 0.119. The van der Waals surface area contributed by atoms with E-state index in [9.17, 15) is 9.82 Å². The zero-order valence-corrected chi connectivity index (χ0v) is 13.1. The van der Waals surface area contributed by atoms with Gasteiger partial charge in [0.2, 0.25) is 0 Å². The molecule has 120 valence electrons. The van der Waals surface area contributed by atoms with Gasteiger partial charge in [-0.05, 0) is 0 Å². The number of guanidine groups is 1. The summed E-state index contributed by atoms with van der Waals surface area (Å²) in [6.45, 7) is 1.16. The molecule has 1 unspecified atom stereocenters. The van der Waals surface area contributed by atoms with Crippen LogP contribution in [0.3, 0.4) is 0 Å². The Balaban J connectivity index is 1.68. The minimum absolute atomic E-state index is 0.122. The fourth-order valence-electron chi connectivity index (χ4n) is 3.38. The van der Waals surface area contributed by atoms with Gasteiger partial charge in [-0.15, -0.1) is 0 Å². The first-order chi connectivity index (χ1) is 11.7. The van der Waals surface area contributed by atoms with E-state index in [1.807, 2.05) is 36.4 Å². The topological polar surface area (TPSA) is 91.0 Å². The molecule has 4 N–H and O–H groups in total. The van der Waals surface area contributed by atoms with Crippen molar-refractivity contribution in [3.05, 3.63) is 58.8 Å². The second-order valence-corrected chi connectivity index (χ2v) is 6.16. The van der Waals surface area contributed by atoms with Gasteiger partial charge in [0.15, 0.2) is 0 Å². The Labute approximate surface area is 140 Å². The number of fused-ring (bicyclic) bond motifs is 2. The third-order valence-corrected chi connectivity index (χ3v) is 4.61. The number of nitrogens with zero attached hydrogens (tertiary/aromatic N) is 2. The van der Waals surface area contributed by atoms with Gasteiger partial charge >= 0.3 is 140 Å². The van der Waals surface area contributed by atoms with Gasteiger partial charge in [-0.3, -0.25) is 0 Å². The maximum absolute atomic E-state index is 13.0. The van der Waals surface area contributed by atoms with Gasteiger partial charge in [0.1, 0.15) is 0 Å². The van der Waals surface area contributed by atoms with Gasteiger partial charge in [0.25, 0.3) is 0 Å². The number of rotatable bonds is 1. The third-order valence-electron chi connectivity index (χ3n) is 4.61. The molecule has 0 spiro atoms. The van der Waals surface area contributed by atoms with Crippen LogP contribution in [0.1, 0.15) is 17.5 Å². The Kier molecular flexibility index (Phi) is 3.48. The summed E-state index contributed by atoms with van der Waals surface area (Å²) in [4.78, 5) is 19.1. The summed E-state index contributed by atoms with van der Waals surface area (Å²) in [5.41, 5.74) is 10.2. The fourth-order valence-corrected chi connectivity index (χ4v) is 3.38. The Morgan fingerprint density at radius 3 is 2.71 bits per heavy atom. The second-order valence-electron chi connectivity index (χ2n) is 6.16. The molecular formula is C17H17BN4O2. The van der Waals surface area contributed by atoms with Crippen LogP contribution in [0.5, 0.6) is 0 Å². The average Bonchev–Trinajstić information content (AvgIpc) is 3.04. The summed E-state index contributed by atoms with van der Waals surface area (Å²) < 4.78 is 0. The van der Waals surface area contributed by atoms with Crippen molar-refractivity contribution in [2.75, 3.05) is 0 Å². The molecule has 0 radical (unpaired) electrons. The second kappa shape index (κ2) is 5.67. The number of benzene rings is 1. The van der Waals surface area contributed by atoms with Crippen molar-refractivity contribution in [2.45, 2.75) is 25.6 Å². The number of allylic oxidation sites excluding steroid dienone is 1. The van der Waals surface area contributed by atoms with Crippen LogP contribution >= 0.6 is 0 Å². The minimum atomic E-state index is -0.157. The first-order valence-corrected chi connectivity index (χ1v) is 7.87. The fraction of sp³-hybridized carbons (Fsp3) is 0.235. The van der Waals surface area contributed by atoms with E-state index in [1.165, 1.54) is 11.1 Å². The van der Waals surface area contributed by atoms with Crippen molar-refractivity contribution in [1.82, 2.24) is 10.2 Å². The number of amides is 1. The average molecular weight is 320 g/mol. The van der Waals surface area contributed by atoms with Crippen LogP contribution in [0.2, 0.25) is 0 Å². The summed E-state index contributed by atoms with van der Waals surface area (Å²) in [6, 6.07) is 7.89. The van der Waals surface area contributed by atoms with Crippen molar-refractivity contribution in [3.8, 4) is 0 Å². The molecule has 7 heteroatoms. The molecule has 1 aromatic carbocycles. The normalized spacial score (nSPS) is 23.3. The molecule has 24 heavy (non-hydrogen) atoms. The van der Waals surface area contributed by atoms with E-state index in [2.05, 4.69) is 10.3 Å². The summed E-state index contributed by atoms with van der Waals surface area (Å²) in [7, 11) is 1.06. The van der Waals surface area contributed by atoms with E-state index in [1.54, 1.807) is 4.90 Å². The predicted molar refractivity (Wildman–Crippen MR) is 93.0 cm³/mol. The summed E-state index contributed by atoms with van der Waals surface area (Å²) >= 11 is 0. The van der Waals surface area contributed by atoms with E-state index in [4.69, 9.17) is 5.73 Å². The van der Waals surface area contributed by atoms with Crippen molar-refractivity contribution in [1.29, 1.82) is 0 Å². The number of hydrogen-bond donors (Lipinski definition) is 3. The molecule has 0 fully saturated rings. The van der Waals surface area contributed by atoms with Crippen LogP contribution < -0.4 is 11.1 Å². The SMILES string of the molecule is NC1=NC(C(=O)N2Cc3ccccc3C2)=C2C/C(=B/O)C=CC2N1. The Morgan fingerprint density at radius 1 is 1.33 bits per heavy atom. The van der Waals surface area contributed by atoms with E-state index < -0.39 is 0 Å². The standard InChI is InChI=1S/C17H17BN4O2/c19-17-20-14-6-5-12(18-24)7-13(14)15(21-17)16(23)22-8-10-3-1-2-4-11(10)9-22/h1-6,14,24H,7-9H2,(H3,19,20,21). The number of carbonyl (C=O) groups is 1. The van der Waals surface area contributed by atoms with Crippen molar-refractivity contribution in [2.24, 2.45) is 10.7 Å². The van der Waals surface area contributed by atoms with E-state index in [-0.39, 0.29) is 17.9 Å². The molecule has 6 nitrogen and oxygen atoms in total. The van der Waals surface area contributed by atoms with E-state index in [0.29, 0.717) is 25.2 Å². The maximum atomic E-state index is 13.0. The number of carbonyl (C=O) groups excluding carboxylic acids is 1. The number of hydrogen-bond acceptors (Lipinski definition) is 5. The Hall–Kier alpha value is -2.83. The molecule has 2 heterocycles. The molecule has 0 bridgehead atoms. The molecule has 1 aromatic rings. The van der Waals surface area contributed by atoms with E-state index >= 15 is 0 Å². The van der Waals surface area contributed by atoms with Crippen LogP contribution in [-0.2, 0) is 17.9 Å². The van der Waals surface area contributed by atoms with Gasteiger partial charge < -0.3 is 0 Å². The molecule has 1 atom stereocenters. The predicted octanol–water partition coefficient (Wildman–Crippen LogP) is -0.187.